The average molecular weight is 290 g/mol. The molecular formula is C12H19FN2O3S. The topological polar surface area (TPSA) is 92.4 Å². The highest BCUT2D eigenvalue weighted by atomic mass is 32.2. The molecule has 0 spiro atoms. The van der Waals surface area contributed by atoms with Crippen LogP contribution in [0.25, 0.3) is 0 Å². The van der Waals surface area contributed by atoms with Crippen LogP contribution in [0, 0.1) is 12.7 Å². The zero-order valence-corrected chi connectivity index (χ0v) is 12.0. The van der Waals surface area contributed by atoms with Crippen molar-refractivity contribution < 1.29 is 17.9 Å². The van der Waals surface area contributed by atoms with Crippen LogP contribution < -0.4 is 10.5 Å². The van der Waals surface area contributed by atoms with Gasteiger partial charge in [0.2, 0.25) is 10.0 Å². The van der Waals surface area contributed by atoms with Gasteiger partial charge in [-0.15, -0.1) is 0 Å². The van der Waals surface area contributed by atoms with Crippen molar-refractivity contribution in [1.29, 1.82) is 0 Å². The number of benzene rings is 1. The van der Waals surface area contributed by atoms with Crippen LogP contribution in [-0.2, 0) is 10.0 Å². The van der Waals surface area contributed by atoms with Gasteiger partial charge in [0.15, 0.2) is 0 Å². The minimum atomic E-state index is -3.81. The van der Waals surface area contributed by atoms with Crippen LogP contribution in [0.5, 0.6) is 0 Å². The molecule has 1 aromatic rings. The van der Waals surface area contributed by atoms with E-state index in [1.54, 1.807) is 13.8 Å². The van der Waals surface area contributed by atoms with Gasteiger partial charge in [-0.2, -0.15) is 0 Å². The molecule has 4 N–H and O–H groups in total. The van der Waals surface area contributed by atoms with Crippen LogP contribution >= 0.6 is 0 Å². The van der Waals surface area contributed by atoms with Gasteiger partial charge in [0, 0.05) is 12.1 Å². The third kappa shape index (κ3) is 3.89. The van der Waals surface area contributed by atoms with Gasteiger partial charge in [0.1, 0.15) is 5.82 Å². The van der Waals surface area contributed by atoms with Crippen molar-refractivity contribution in [3.8, 4) is 0 Å². The number of sulfonamides is 1. The average Bonchev–Trinajstić information content (AvgIpc) is 2.23. The number of anilines is 1. The molecule has 0 bridgehead atoms. The molecule has 0 aliphatic heterocycles. The second kappa shape index (κ2) is 5.44. The molecule has 0 radical (unpaired) electrons. The van der Waals surface area contributed by atoms with Crippen LogP contribution in [-0.4, -0.2) is 25.7 Å². The van der Waals surface area contributed by atoms with E-state index in [2.05, 4.69) is 4.72 Å². The second-order valence-corrected chi connectivity index (χ2v) is 6.79. The second-order valence-electron chi connectivity index (χ2n) is 5.11. The number of aryl methyl sites for hydroxylation is 1. The van der Waals surface area contributed by atoms with Crippen molar-refractivity contribution in [2.24, 2.45) is 0 Å². The summed E-state index contributed by atoms with van der Waals surface area (Å²) >= 11 is 0. The Morgan fingerprint density at radius 2 is 2.00 bits per heavy atom. The van der Waals surface area contributed by atoms with Crippen molar-refractivity contribution in [1.82, 2.24) is 4.72 Å². The maximum absolute atomic E-state index is 13.4. The Balaban J connectivity index is 3.15. The van der Waals surface area contributed by atoms with Crippen molar-refractivity contribution in [3.05, 3.63) is 23.5 Å². The lowest BCUT2D eigenvalue weighted by Gasteiger charge is -2.25. The van der Waals surface area contributed by atoms with Crippen molar-refractivity contribution in [3.63, 3.8) is 0 Å². The fraction of sp³-hybridized carbons (Fsp3) is 0.500. The summed E-state index contributed by atoms with van der Waals surface area (Å²) in [5.74, 6) is -0.617. The lowest BCUT2D eigenvalue weighted by molar-refractivity contribution is 0.245. The molecule has 0 saturated carbocycles. The number of halogens is 1. The molecule has 1 aromatic carbocycles. The molecule has 19 heavy (non-hydrogen) atoms. The quantitative estimate of drug-likeness (QED) is 0.709. The van der Waals surface area contributed by atoms with E-state index < -0.39 is 21.4 Å². The molecule has 108 valence electrons. The molecule has 5 nitrogen and oxygen atoms in total. The molecular weight excluding hydrogens is 271 g/mol. The molecule has 0 amide bonds. The number of rotatable bonds is 5. The van der Waals surface area contributed by atoms with E-state index >= 15 is 0 Å². The minimum absolute atomic E-state index is 0.0880. The third-order valence-electron chi connectivity index (χ3n) is 2.71. The summed E-state index contributed by atoms with van der Waals surface area (Å²) in [4.78, 5) is -0.0880. The van der Waals surface area contributed by atoms with Gasteiger partial charge in [0.25, 0.3) is 0 Å². The first-order chi connectivity index (χ1) is 8.59. The molecule has 0 aliphatic carbocycles. The summed E-state index contributed by atoms with van der Waals surface area (Å²) < 4.78 is 40.2. The van der Waals surface area contributed by atoms with E-state index in [1.807, 2.05) is 0 Å². The Bertz CT molecular complexity index is 547. The first-order valence-corrected chi connectivity index (χ1v) is 7.28. The van der Waals surface area contributed by atoms with Gasteiger partial charge in [0.05, 0.1) is 10.6 Å². The normalized spacial score (nSPS) is 12.7. The minimum Gasteiger partial charge on any atom is -0.396 e. The van der Waals surface area contributed by atoms with E-state index in [0.29, 0.717) is 0 Å². The van der Waals surface area contributed by atoms with E-state index in [9.17, 15) is 12.8 Å². The predicted molar refractivity (Wildman–Crippen MR) is 71.7 cm³/mol. The van der Waals surface area contributed by atoms with E-state index in [4.69, 9.17) is 10.8 Å². The van der Waals surface area contributed by atoms with Crippen molar-refractivity contribution in [2.75, 3.05) is 12.3 Å². The lowest BCUT2D eigenvalue weighted by Crippen LogP contribution is -2.43. The zero-order chi connectivity index (χ0) is 14.8. The highest BCUT2D eigenvalue weighted by Gasteiger charge is 2.26. The standard InChI is InChI=1S/C12H19FN2O3S/c1-8-6-9(7-10(14)11(8)13)19(17,18)15-12(2,3)4-5-16/h6-7,15-16H,4-5,14H2,1-3H3. The highest BCUT2D eigenvalue weighted by molar-refractivity contribution is 7.89. The Hall–Kier alpha value is -1.18. The number of hydrogen-bond acceptors (Lipinski definition) is 4. The summed E-state index contributed by atoms with van der Waals surface area (Å²) in [5.41, 5.74) is 4.59. The maximum Gasteiger partial charge on any atom is 0.241 e. The zero-order valence-electron chi connectivity index (χ0n) is 11.2. The predicted octanol–water partition coefficient (Wildman–Crippen LogP) is 1.16. The number of nitrogens with one attached hydrogen (secondary N) is 1. The molecule has 1 rings (SSSR count). The number of nitrogen functional groups attached to an aromatic ring is 1. The van der Waals surface area contributed by atoms with Crippen LogP contribution in [0.3, 0.4) is 0 Å². The number of aliphatic hydroxyl groups excluding tert-OH is 1. The van der Waals surface area contributed by atoms with Crippen LogP contribution in [0.1, 0.15) is 25.8 Å². The third-order valence-corrected chi connectivity index (χ3v) is 4.39. The van der Waals surface area contributed by atoms with Crippen molar-refractivity contribution >= 4 is 15.7 Å². The van der Waals surface area contributed by atoms with Gasteiger partial charge in [-0.25, -0.2) is 17.5 Å². The largest absolute Gasteiger partial charge is 0.396 e. The fourth-order valence-corrected chi connectivity index (χ4v) is 3.23. The fourth-order valence-electron chi connectivity index (χ4n) is 1.67. The van der Waals surface area contributed by atoms with Crippen LogP contribution in [0.15, 0.2) is 17.0 Å². The Morgan fingerprint density at radius 3 is 2.47 bits per heavy atom. The number of hydrogen-bond donors (Lipinski definition) is 3. The van der Waals surface area contributed by atoms with Gasteiger partial charge >= 0.3 is 0 Å². The van der Waals surface area contributed by atoms with Crippen LogP contribution in [0.2, 0.25) is 0 Å². The number of nitrogens with two attached hydrogens (primary N) is 1. The van der Waals surface area contributed by atoms with E-state index in [0.717, 1.165) is 6.07 Å². The van der Waals surface area contributed by atoms with Gasteiger partial charge < -0.3 is 10.8 Å². The first-order valence-electron chi connectivity index (χ1n) is 5.79. The van der Waals surface area contributed by atoms with E-state index in [-0.39, 0.29) is 29.2 Å². The molecule has 0 unspecified atom stereocenters. The lowest BCUT2D eigenvalue weighted by atomic mass is 10.0. The van der Waals surface area contributed by atoms with Gasteiger partial charge in [-0.05, 0) is 44.9 Å². The summed E-state index contributed by atoms with van der Waals surface area (Å²) in [5, 5.41) is 8.89. The summed E-state index contributed by atoms with van der Waals surface area (Å²) in [6.07, 6.45) is 0.266. The summed E-state index contributed by atoms with van der Waals surface area (Å²) in [6, 6.07) is 2.31. The Kier molecular flexibility index (Phi) is 4.54. The summed E-state index contributed by atoms with van der Waals surface area (Å²) in [6.45, 7) is 4.62. The first kappa shape index (κ1) is 15.9. The molecule has 0 heterocycles. The molecule has 0 fully saturated rings. The van der Waals surface area contributed by atoms with Gasteiger partial charge in [-0.1, -0.05) is 0 Å². The smallest absolute Gasteiger partial charge is 0.241 e. The maximum atomic E-state index is 13.4. The Labute approximate surface area is 112 Å². The highest BCUT2D eigenvalue weighted by Crippen LogP contribution is 2.22. The molecule has 0 atom stereocenters. The van der Waals surface area contributed by atoms with E-state index in [1.165, 1.54) is 13.0 Å². The SMILES string of the molecule is Cc1cc(S(=O)(=O)NC(C)(C)CCO)cc(N)c1F. The van der Waals surface area contributed by atoms with Crippen molar-refractivity contribution in [2.45, 2.75) is 37.6 Å². The number of aliphatic hydroxyl groups is 1. The molecule has 0 aliphatic rings. The molecule has 0 saturated heterocycles. The molecule has 7 heteroatoms. The molecule has 0 aromatic heterocycles. The summed E-state index contributed by atoms with van der Waals surface area (Å²) in [7, 11) is -3.81. The Morgan fingerprint density at radius 1 is 1.42 bits per heavy atom. The van der Waals surface area contributed by atoms with Crippen LogP contribution in [0.4, 0.5) is 10.1 Å². The van der Waals surface area contributed by atoms with Gasteiger partial charge in [-0.3, -0.25) is 0 Å². The monoisotopic (exact) mass is 290 g/mol.